The summed E-state index contributed by atoms with van der Waals surface area (Å²) in [6.45, 7) is 4.63. The summed E-state index contributed by atoms with van der Waals surface area (Å²) in [6.07, 6.45) is 8.70. The molecule has 102 valence electrons. The van der Waals surface area contributed by atoms with Crippen LogP contribution in [0.1, 0.15) is 44.7 Å². The van der Waals surface area contributed by atoms with Crippen LogP contribution in [0.3, 0.4) is 0 Å². The molecular formula is C18H25N. The fraction of sp³-hybridized carbons (Fsp3) is 0.556. The summed E-state index contributed by atoms with van der Waals surface area (Å²) in [5, 5.41) is 3.92. The number of nitrogens with one attached hydrogen (secondary N) is 1. The van der Waals surface area contributed by atoms with Crippen molar-refractivity contribution in [3.05, 3.63) is 48.0 Å². The zero-order chi connectivity index (χ0) is 13.2. The van der Waals surface area contributed by atoms with Crippen LogP contribution < -0.4 is 5.32 Å². The summed E-state index contributed by atoms with van der Waals surface area (Å²) in [4.78, 5) is 0. The van der Waals surface area contributed by atoms with Crippen molar-refractivity contribution in [1.29, 1.82) is 0 Å². The zero-order valence-corrected chi connectivity index (χ0v) is 12.0. The Kier molecular flexibility index (Phi) is 3.74. The van der Waals surface area contributed by atoms with Gasteiger partial charge in [-0.05, 0) is 42.6 Å². The lowest BCUT2D eigenvalue weighted by Crippen LogP contribution is -2.49. The molecule has 0 bridgehead atoms. The average molecular weight is 255 g/mol. The van der Waals surface area contributed by atoms with Gasteiger partial charge in [0.25, 0.3) is 0 Å². The summed E-state index contributed by atoms with van der Waals surface area (Å²) in [5.74, 6) is 2.47. The number of hydrogen-bond acceptors (Lipinski definition) is 1. The van der Waals surface area contributed by atoms with Crippen molar-refractivity contribution < 1.29 is 0 Å². The molecular weight excluding hydrogens is 230 g/mol. The van der Waals surface area contributed by atoms with Gasteiger partial charge in [-0.1, -0.05) is 56.3 Å². The minimum absolute atomic E-state index is 0.515. The number of fused-ring (bicyclic) bond motifs is 1. The number of rotatable bonds is 5. The highest BCUT2D eigenvalue weighted by Gasteiger charge is 2.41. The first-order valence-electron chi connectivity index (χ1n) is 7.71. The van der Waals surface area contributed by atoms with Crippen LogP contribution in [0.2, 0.25) is 0 Å². The van der Waals surface area contributed by atoms with Crippen molar-refractivity contribution in [2.45, 2.75) is 45.2 Å². The molecule has 4 unspecified atom stereocenters. The molecule has 0 amide bonds. The Balaban J connectivity index is 1.68. The molecule has 4 atom stereocenters. The maximum atomic E-state index is 3.92. The van der Waals surface area contributed by atoms with Gasteiger partial charge in [0.15, 0.2) is 0 Å². The summed E-state index contributed by atoms with van der Waals surface area (Å²) in [7, 11) is 0. The number of benzene rings is 1. The molecule has 2 aliphatic rings. The van der Waals surface area contributed by atoms with E-state index < -0.39 is 0 Å². The topological polar surface area (TPSA) is 12.0 Å². The Labute approximate surface area is 117 Å². The van der Waals surface area contributed by atoms with Gasteiger partial charge in [-0.3, -0.25) is 0 Å². The lowest BCUT2D eigenvalue weighted by molar-refractivity contribution is 0.145. The smallest absolute Gasteiger partial charge is 0.0325 e. The molecule has 1 aromatic carbocycles. The molecule has 3 rings (SSSR count). The van der Waals surface area contributed by atoms with E-state index in [-0.39, 0.29) is 0 Å². The lowest BCUT2D eigenvalue weighted by Gasteiger charge is -2.43. The predicted molar refractivity (Wildman–Crippen MR) is 80.9 cm³/mol. The van der Waals surface area contributed by atoms with Crippen molar-refractivity contribution >= 4 is 0 Å². The van der Waals surface area contributed by atoms with Gasteiger partial charge < -0.3 is 5.32 Å². The molecule has 0 aliphatic heterocycles. The molecule has 0 radical (unpaired) electrons. The SMILES string of the molecule is CC(C)CC(NC1CC2CC=CC21)c1ccccc1. The van der Waals surface area contributed by atoms with E-state index in [9.17, 15) is 0 Å². The van der Waals surface area contributed by atoms with Crippen molar-refractivity contribution in [1.82, 2.24) is 5.32 Å². The Bertz CT molecular complexity index is 434. The molecule has 19 heavy (non-hydrogen) atoms. The van der Waals surface area contributed by atoms with Crippen LogP contribution in [0.4, 0.5) is 0 Å². The van der Waals surface area contributed by atoms with E-state index in [0.717, 1.165) is 17.8 Å². The van der Waals surface area contributed by atoms with Crippen LogP contribution >= 0.6 is 0 Å². The van der Waals surface area contributed by atoms with E-state index in [2.05, 4.69) is 61.6 Å². The van der Waals surface area contributed by atoms with Crippen molar-refractivity contribution in [3.63, 3.8) is 0 Å². The minimum Gasteiger partial charge on any atom is -0.307 e. The van der Waals surface area contributed by atoms with Gasteiger partial charge >= 0.3 is 0 Å². The van der Waals surface area contributed by atoms with Crippen LogP contribution in [0.25, 0.3) is 0 Å². The highest BCUT2D eigenvalue weighted by atomic mass is 15.0. The summed E-state index contributed by atoms with van der Waals surface area (Å²) in [5.41, 5.74) is 1.45. The van der Waals surface area contributed by atoms with Gasteiger partial charge in [0.05, 0.1) is 0 Å². The molecule has 1 heteroatoms. The van der Waals surface area contributed by atoms with Gasteiger partial charge in [-0.2, -0.15) is 0 Å². The first-order chi connectivity index (χ1) is 9.24. The third kappa shape index (κ3) is 2.76. The molecule has 0 aromatic heterocycles. The third-order valence-electron chi connectivity index (χ3n) is 4.69. The van der Waals surface area contributed by atoms with E-state index >= 15 is 0 Å². The standard InChI is InChI=1S/C18H25N/c1-13(2)11-17(14-7-4-3-5-8-14)19-18-12-15-9-6-10-16(15)18/h3-8,10,13,15-19H,9,11-12H2,1-2H3. The third-order valence-corrected chi connectivity index (χ3v) is 4.69. The lowest BCUT2D eigenvalue weighted by atomic mass is 9.71. The fourth-order valence-corrected chi connectivity index (χ4v) is 3.62. The zero-order valence-electron chi connectivity index (χ0n) is 12.0. The van der Waals surface area contributed by atoms with Gasteiger partial charge in [-0.25, -0.2) is 0 Å². The summed E-state index contributed by atoms with van der Waals surface area (Å²) >= 11 is 0. The molecule has 0 saturated heterocycles. The quantitative estimate of drug-likeness (QED) is 0.772. The molecule has 1 saturated carbocycles. The van der Waals surface area contributed by atoms with E-state index in [0.29, 0.717) is 12.1 Å². The predicted octanol–water partition coefficient (Wildman–Crippen LogP) is 4.33. The molecule has 1 fully saturated rings. The molecule has 2 aliphatic carbocycles. The minimum atomic E-state index is 0.515. The van der Waals surface area contributed by atoms with Crippen LogP contribution in [-0.2, 0) is 0 Å². The normalized spacial score (nSPS) is 30.2. The second-order valence-electron chi connectivity index (χ2n) is 6.60. The Morgan fingerprint density at radius 3 is 2.68 bits per heavy atom. The van der Waals surface area contributed by atoms with Crippen molar-refractivity contribution in [2.75, 3.05) is 0 Å². The molecule has 0 spiro atoms. The molecule has 1 N–H and O–H groups in total. The van der Waals surface area contributed by atoms with E-state index in [1.807, 2.05) is 0 Å². The first-order valence-corrected chi connectivity index (χ1v) is 7.71. The second kappa shape index (κ2) is 5.50. The van der Waals surface area contributed by atoms with Crippen LogP contribution in [0, 0.1) is 17.8 Å². The monoisotopic (exact) mass is 255 g/mol. The number of hydrogen-bond donors (Lipinski definition) is 1. The van der Waals surface area contributed by atoms with Crippen molar-refractivity contribution in [2.24, 2.45) is 17.8 Å². The summed E-state index contributed by atoms with van der Waals surface area (Å²) in [6, 6.07) is 12.2. The van der Waals surface area contributed by atoms with Gasteiger partial charge in [0, 0.05) is 12.1 Å². The van der Waals surface area contributed by atoms with Crippen LogP contribution in [-0.4, -0.2) is 6.04 Å². The maximum absolute atomic E-state index is 3.92. The second-order valence-corrected chi connectivity index (χ2v) is 6.60. The average Bonchev–Trinajstić information content (AvgIpc) is 2.76. The van der Waals surface area contributed by atoms with Gasteiger partial charge in [0.2, 0.25) is 0 Å². The Hall–Kier alpha value is -1.08. The van der Waals surface area contributed by atoms with E-state index in [1.165, 1.54) is 24.8 Å². The number of allylic oxidation sites excluding steroid dienone is 1. The molecule has 0 heterocycles. The van der Waals surface area contributed by atoms with Gasteiger partial charge in [0.1, 0.15) is 0 Å². The highest BCUT2D eigenvalue weighted by Crippen LogP contribution is 2.43. The van der Waals surface area contributed by atoms with Crippen molar-refractivity contribution in [3.8, 4) is 0 Å². The largest absolute Gasteiger partial charge is 0.307 e. The fourth-order valence-electron chi connectivity index (χ4n) is 3.62. The molecule has 1 aromatic rings. The summed E-state index contributed by atoms with van der Waals surface area (Å²) < 4.78 is 0. The first kappa shape index (κ1) is 12.9. The highest BCUT2D eigenvalue weighted by molar-refractivity contribution is 5.21. The van der Waals surface area contributed by atoms with Gasteiger partial charge in [-0.15, -0.1) is 0 Å². The Morgan fingerprint density at radius 1 is 1.21 bits per heavy atom. The van der Waals surface area contributed by atoms with E-state index in [1.54, 1.807) is 0 Å². The van der Waals surface area contributed by atoms with E-state index in [4.69, 9.17) is 0 Å². The maximum Gasteiger partial charge on any atom is 0.0325 e. The van der Waals surface area contributed by atoms with Crippen LogP contribution in [0.15, 0.2) is 42.5 Å². The Morgan fingerprint density at radius 2 is 2.00 bits per heavy atom. The van der Waals surface area contributed by atoms with Crippen LogP contribution in [0.5, 0.6) is 0 Å². The molecule has 1 nitrogen and oxygen atoms in total.